The van der Waals surface area contributed by atoms with Crippen molar-refractivity contribution in [3.05, 3.63) is 47.4 Å². The molecule has 6 heteroatoms. The third-order valence-corrected chi connectivity index (χ3v) is 3.69. The third-order valence-electron chi connectivity index (χ3n) is 3.42. The fourth-order valence-electron chi connectivity index (χ4n) is 2.41. The molecule has 1 unspecified atom stereocenters. The normalized spacial score (nSPS) is 19.1. The summed E-state index contributed by atoms with van der Waals surface area (Å²) in [5.41, 5.74) is 1.14. The van der Waals surface area contributed by atoms with Gasteiger partial charge in [-0.25, -0.2) is 9.97 Å². The minimum Gasteiger partial charge on any atom is -0.508 e. The van der Waals surface area contributed by atoms with Crippen LogP contribution < -0.4 is 10.2 Å². The molecule has 0 spiro atoms. The largest absolute Gasteiger partial charge is 0.508 e. The van der Waals surface area contributed by atoms with Gasteiger partial charge in [-0.2, -0.15) is 0 Å². The first-order valence-electron chi connectivity index (χ1n) is 6.47. The van der Waals surface area contributed by atoms with Crippen LogP contribution in [0.4, 0.5) is 5.82 Å². The van der Waals surface area contributed by atoms with Gasteiger partial charge >= 0.3 is 0 Å². The van der Waals surface area contributed by atoms with Crippen LogP contribution in [-0.2, 0) is 0 Å². The van der Waals surface area contributed by atoms with Crippen molar-refractivity contribution in [3.63, 3.8) is 0 Å². The number of benzene rings is 1. The van der Waals surface area contributed by atoms with Crippen molar-refractivity contribution in [2.45, 2.75) is 6.04 Å². The van der Waals surface area contributed by atoms with Gasteiger partial charge < -0.3 is 15.3 Å². The number of phenolic OH excluding ortho intramolecular Hbond substituents is 1. The lowest BCUT2D eigenvalue weighted by Gasteiger charge is -2.35. The second-order valence-corrected chi connectivity index (χ2v) is 5.15. The summed E-state index contributed by atoms with van der Waals surface area (Å²) in [4.78, 5) is 10.3. The molecule has 1 aliphatic heterocycles. The van der Waals surface area contributed by atoms with Gasteiger partial charge in [0.15, 0.2) is 5.82 Å². The van der Waals surface area contributed by atoms with E-state index in [1.807, 2.05) is 12.1 Å². The quantitative estimate of drug-likeness (QED) is 0.886. The van der Waals surface area contributed by atoms with E-state index in [-0.39, 0.29) is 11.8 Å². The molecule has 0 saturated carbocycles. The number of anilines is 1. The topological polar surface area (TPSA) is 61.3 Å². The summed E-state index contributed by atoms with van der Waals surface area (Å²) >= 11 is 6.15. The molecule has 1 aromatic carbocycles. The zero-order valence-electron chi connectivity index (χ0n) is 10.8. The van der Waals surface area contributed by atoms with E-state index in [9.17, 15) is 5.11 Å². The predicted molar refractivity (Wildman–Crippen MR) is 78.1 cm³/mol. The highest BCUT2D eigenvalue weighted by molar-refractivity contribution is 6.32. The van der Waals surface area contributed by atoms with Gasteiger partial charge in [-0.3, -0.25) is 0 Å². The van der Waals surface area contributed by atoms with Crippen molar-refractivity contribution < 1.29 is 5.11 Å². The minimum atomic E-state index is 0.190. The van der Waals surface area contributed by atoms with E-state index in [1.54, 1.807) is 18.3 Å². The van der Waals surface area contributed by atoms with Crippen molar-refractivity contribution in [1.29, 1.82) is 0 Å². The monoisotopic (exact) mass is 290 g/mol. The molecule has 1 saturated heterocycles. The number of aromatic nitrogens is 2. The molecule has 2 N–H and O–H groups in total. The van der Waals surface area contributed by atoms with Crippen molar-refractivity contribution >= 4 is 17.4 Å². The van der Waals surface area contributed by atoms with Gasteiger partial charge in [0.05, 0.1) is 6.20 Å². The summed E-state index contributed by atoms with van der Waals surface area (Å²) in [6, 6.07) is 7.45. The molecule has 2 aromatic rings. The van der Waals surface area contributed by atoms with E-state index in [0.29, 0.717) is 5.02 Å². The molecule has 3 rings (SSSR count). The number of piperazine rings is 1. The average Bonchev–Trinajstić information content (AvgIpc) is 2.49. The number of aromatic hydroxyl groups is 1. The first-order valence-corrected chi connectivity index (χ1v) is 6.84. The molecule has 1 atom stereocenters. The number of nitrogens with zero attached hydrogens (tertiary/aromatic N) is 3. The van der Waals surface area contributed by atoms with Crippen LogP contribution >= 0.6 is 11.6 Å². The van der Waals surface area contributed by atoms with Crippen LogP contribution in [0.25, 0.3) is 0 Å². The Hall–Kier alpha value is -1.85. The Bertz CT molecular complexity index is 590. The molecule has 20 heavy (non-hydrogen) atoms. The van der Waals surface area contributed by atoms with Crippen molar-refractivity contribution in [3.8, 4) is 5.75 Å². The van der Waals surface area contributed by atoms with Crippen LogP contribution in [0, 0.1) is 0 Å². The first kappa shape index (κ1) is 13.1. The highest BCUT2D eigenvalue weighted by Gasteiger charge is 2.23. The van der Waals surface area contributed by atoms with Crippen LogP contribution in [0.2, 0.25) is 5.02 Å². The van der Waals surface area contributed by atoms with E-state index in [0.717, 1.165) is 31.0 Å². The van der Waals surface area contributed by atoms with Gasteiger partial charge in [0, 0.05) is 25.7 Å². The molecule has 1 aliphatic rings. The second kappa shape index (κ2) is 5.64. The number of halogens is 1. The van der Waals surface area contributed by atoms with E-state index in [1.165, 1.54) is 6.33 Å². The lowest BCUT2D eigenvalue weighted by atomic mass is 10.0. The summed E-state index contributed by atoms with van der Waals surface area (Å²) in [5.74, 6) is 1.05. The number of hydrogen-bond donors (Lipinski definition) is 2. The molecular weight excluding hydrogens is 276 g/mol. The molecule has 0 bridgehead atoms. The van der Waals surface area contributed by atoms with Crippen LogP contribution in [0.15, 0.2) is 36.8 Å². The second-order valence-electron chi connectivity index (χ2n) is 4.74. The molecular formula is C14H15ClN4O. The van der Waals surface area contributed by atoms with Gasteiger partial charge in [-0.1, -0.05) is 23.7 Å². The fourth-order valence-corrected chi connectivity index (χ4v) is 2.64. The Kier molecular flexibility index (Phi) is 3.71. The highest BCUT2D eigenvalue weighted by Crippen LogP contribution is 2.26. The smallest absolute Gasteiger partial charge is 0.150 e. The number of rotatable bonds is 2. The Balaban J connectivity index is 1.80. The van der Waals surface area contributed by atoms with E-state index >= 15 is 0 Å². The standard InChI is InChI=1S/C14H15ClN4O/c15-12-7-16-9-18-14(12)19-6-5-17-13(8-19)10-1-3-11(20)4-2-10/h1-4,7,9,13,17,20H,5-6,8H2. The van der Waals surface area contributed by atoms with Gasteiger partial charge in [-0.05, 0) is 17.7 Å². The van der Waals surface area contributed by atoms with Gasteiger partial charge in [0.1, 0.15) is 17.1 Å². The Morgan fingerprint density at radius 3 is 2.85 bits per heavy atom. The van der Waals surface area contributed by atoms with Crippen LogP contribution in [0.1, 0.15) is 11.6 Å². The summed E-state index contributed by atoms with van der Waals surface area (Å²) in [6.07, 6.45) is 3.13. The molecule has 0 radical (unpaired) electrons. The zero-order chi connectivity index (χ0) is 13.9. The summed E-state index contributed by atoms with van der Waals surface area (Å²) in [7, 11) is 0. The van der Waals surface area contributed by atoms with Gasteiger partial charge in [0.2, 0.25) is 0 Å². The molecule has 1 fully saturated rings. The van der Waals surface area contributed by atoms with Crippen LogP contribution in [-0.4, -0.2) is 34.7 Å². The minimum absolute atomic E-state index is 0.190. The van der Waals surface area contributed by atoms with Crippen molar-refractivity contribution in [2.75, 3.05) is 24.5 Å². The summed E-state index contributed by atoms with van der Waals surface area (Å²) < 4.78 is 0. The molecule has 2 heterocycles. The Morgan fingerprint density at radius 1 is 1.30 bits per heavy atom. The van der Waals surface area contributed by atoms with E-state index in [2.05, 4.69) is 20.2 Å². The lowest BCUT2D eigenvalue weighted by molar-refractivity contribution is 0.463. The van der Waals surface area contributed by atoms with E-state index < -0.39 is 0 Å². The number of hydrogen-bond acceptors (Lipinski definition) is 5. The average molecular weight is 291 g/mol. The Labute approximate surface area is 122 Å². The number of nitrogens with one attached hydrogen (secondary N) is 1. The first-order chi connectivity index (χ1) is 9.74. The third kappa shape index (κ3) is 2.69. The van der Waals surface area contributed by atoms with Crippen LogP contribution in [0.5, 0.6) is 5.75 Å². The summed E-state index contributed by atoms with van der Waals surface area (Å²) in [5, 5.41) is 13.4. The Morgan fingerprint density at radius 2 is 2.10 bits per heavy atom. The van der Waals surface area contributed by atoms with Crippen molar-refractivity contribution in [2.24, 2.45) is 0 Å². The molecule has 5 nitrogen and oxygen atoms in total. The molecule has 1 aromatic heterocycles. The van der Waals surface area contributed by atoms with Gasteiger partial charge in [0.25, 0.3) is 0 Å². The van der Waals surface area contributed by atoms with Crippen molar-refractivity contribution in [1.82, 2.24) is 15.3 Å². The maximum atomic E-state index is 9.36. The summed E-state index contributed by atoms with van der Waals surface area (Å²) in [6.45, 7) is 2.48. The molecule has 0 aliphatic carbocycles. The SMILES string of the molecule is Oc1ccc(C2CN(c3ncncc3Cl)CCN2)cc1. The van der Waals surface area contributed by atoms with E-state index in [4.69, 9.17) is 11.6 Å². The maximum Gasteiger partial charge on any atom is 0.150 e. The lowest BCUT2D eigenvalue weighted by Crippen LogP contribution is -2.46. The van der Waals surface area contributed by atoms with Crippen LogP contribution in [0.3, 0.4) is 0 Å². The van der Waals surface area contributed by atoms with Gasteiger partial charge in [-0.15, -0.1) is 0 Å². The predicted octanol–water partition coefficient (Wildman–Crippen LogP) is 1.99. The fraction of sp³-hybridized carbons (Fsp3) is 0.286. The molecule has 0 amide bonds. The molecule has 104 valence electrons. The zero-order valence-corrected chi connectivity index (χ0v) is 11.6. The number of phenols is 1. The highest BCUT2D eigenvalue weighted by atomic mass is 35.5. The maximum absolute atomic E-state index is 9.36.